The zero-order chi connectivity index (χ0) is 12.2. The first-order valence-electron chi connectivity index (χ1n) is 6.18. The van der Waals surface area contributed by atoms with Gasteiger partial charge < -0.3 is 15.5 Å². The van der Waals surface area contributed by atoms with E-state index in [1.165, 1.54) is 45.2 Å². The van der Waals surface area contributed by atoms with Crippen molar-refractivity contribution >= 4 is 5.97 Å². The van der Waals surface area contributed by atoms with Crippen LogP contribution in [0.15, 0.2) is 0 Å². The number of unbranched alkanes of at least 4 members (excludes halogenated alkanes) is 2. The number of aliphatic carboxylic acids is 1. The Balaban J connectivity index is 0.000000487. The highest BCUT2D eigenvalue weighted by molar-refractivity contribution is 5.62. The van der Waals surface area contributed by atoms with Gasteiger partial charge in [-0.3, -0.25) is 4.79 Å². The van der Waals surface area contributed by atoms with Crippen molar-refractivity contribution in [2.24, 2.45) is 5.92 Å². The third-order valence-corrected chi connectivity index (χ3v) is 2.67. The van der Waals surface area contributed by atoms with E-state index in [9.17, 15) is 0 Å². The predicted octanol–water partition coefficient (Wildman–Crippen LogP) is 1.63. The molecule has 1 atom stereocenters. The maximum atomic E-state index is 9.00. The number of aliphatic hydroxyl groups is 1. The second kappa shape index (κ2) is 10.9. The zero-order valence-corrected chi connectivity index (χ0v) is 10.2. The fraction of sp³-hybridized carbons (Fsp3) is 0.917. The van der Waals surface area contributed by atoms with Crippen LogP contribution in [0.1, 0.15) is 45.4 Å². The van der Waals surface area contributed by atoms with Crippen LogP contribution in [0.5, 0.6) is 0 Å². The van der Waals surface area contributed by atoms with Crippen molar-refractivity contribution in [1.29, 1.82) is 0 Å². The lowest BCUT2D eigenvalue weighted by molar-refractivity contribution is -0.134. The van der Waals surface area contributed by atoms with Gasteiger partial charge in [-0.05, 0) is 44.7 Å². The topological polar surface area (TPSA) is 69.6 Å². The SMILES string of the molecule is CC(=O)O.OCCCCCC1CCCNC1. The first-order valence-corrected chi connectivity index (χ1v) is 6.18. The largest absolute Gasteiger partial charge is 0.481 e. The van der Waals surface area contributed by atoms with Gasteiger partial charge in [0.2, 0.25) is 0 Å². The van der Waals surface area contributed by atoms with Crippen LogP contribution in [0.25, 0.3) is 0 Å². The number of carbonyl (C=O) groups is 1. The van der Waals surface area contributed by atoms with Crippen LogP contribution in [0.4, 0.5) is 0 Å². The lowest BCUT2D eigenvalue weighted by Crippen LogP contribution is -2.29. The van der Waals surface area contributed by atoms with E-state index >= 15 is 0 Å². The molecule has 0 aromatic heterocycles. The lowest BCUT2D eigenvalue weighted by atomic mass is 9.94. The Morgan fingerprint density at radius 1 is 1.38 bits per heavy atom. The monoisotopic (exact) mass is 231 g/mol. The summed E-state index contributed by atoms with van der Waals surface area (Å²) in [6.07, 6.45) is 7.60. The first-order chi connectivity index (χ1) is 7.66. The van der Waals surface area contributed by atoms with Crippen molar-refractivity contribution in [2.45, 2.75) is 45.4 Å². The summed E-state index contributed by atoms with van der Waals surface area (Å²) < 4.78 is 0. The van der Waals surface area contributed by atoms with Crippen LogP contribution in [-0.2, 0) is 4.79 Å². The van der Waals surface area contributed by atoms with Gasteiger partial charge in [-0.2, -0.15) is 0 Å². The minimum Gasteiger partial charge on any atom is -0.481 e. The minimum absolute atomic E-state index is 0.364. The number of hydrogen-bond acceptors (Lipinski definition) is 3. The molecule has 3 N–H and O–H groups in total. The van der Waals surface area contributed by atoms with Gasteiger partial charge in [0.05, 0.1) is 0 Å². The molecule has 1 saturated heterocycles. The second-order valence-corrected chi connectivity index (χ2v) is 4.30. The van der Waals surface area contributed by atoms with Crippen molar-refractivity contribution in [3.8, 4) is 0 Å². The van der Waals surface area contributed by atoms with Crippen LogP contribution in [-0.4, -0.2) is 35.9 Å². The van der Waals surface area contributed by atoms with Gasteiger partial charge in [0.15, 0.2) is 0 Å². The molecular weight excluding hydrogens is 206 g/mol. The number of carboxylic acid groups (broad SMARTS) is 1. The Hall–Kier alpha value is -0.610. The Morgan fingerprint density at radius 3 is 2.56 bits per heavy atom. The fourth-order valence-corrected chi connectivity index (χ4v) is 1.89. The van der Waals surface area contributed by atoms with Crippen molar-refractivity contribution in [3.63, 3.8) is 0 Å². The van der Waals surface area contributed by atoms with Crippen molar-refractivity contribution in [1.82, 2.24) is 5.32 Å². The smallest absolute Gasteiger partial charge is 0.300 e. The Morgan fingerprint density at radius 2 is 2.06 bits per heavy atom. The molecule has 4 heteroatoms. The molecule has 0 radical (unpaired) electrons. The molecule has 0 aromatic carbocycles. The zero-order valence-electron chi connectivity index (χ0n) is 10.2. The summed E-state index contributed by atoms with van der Waals surface area (Å²) in [5.41, 5.74) is 0. The average molecular weight is 231 g/mol. The third kappa shape index (κ3) is 11.5. The standard InChI is InChI=1S/C10H21NO.C2H4O2/c12-8-3-1-2-5-10-6-4-7-11-9-10;1-2(3)4/h10-12H,1-9H2;1H3,(H,3,4). The highest BCUT2D eigenvalue weighted by Gasteiger charge is 2.11. The van der Waals surface area contributed by atoms with Gasteiger partial charge in [-0.1, -0.05) is 12.8 Å². The van der Waals surface area contributed by atoms with Gasteiger partial charge in [-0.15, -0.1) is 0 Å². The Bertz CT molecular complexity index is 164. The molecule has 1 aliphatic heterocycles. The van der Waals surface area contributed by atoms with E-state index in [0.29, 0.717) is 6.61 Å². The van der Waals surface area contributed by atoms with E-state index < -0.39 is 5.97 Å². The molecule has 16 heavy (non-hydrogen) atoms. The summed E-state index contributed by atoms with van der Waals surface area (Å²) in [5, 5.41) is 19.4. The second-order valence-electron chi connectivity index (χ2n) is 4.30. The summed E-state index contributed by atoms with van der Waals surface area (Å²) in [6, 6.07) is 0. The first kappa shape index (κ1) is 15.4. The van der Waals surface area contributed by atoms with E-state index in [0.717, 1.165) is 19.3 Å². The van der Waals surface area contributed by atoms with Crippen LogP contribution >= 0.6 is 0 Å². The molecule has 1 heterocycles. The van der Waals surface area contributed by atoms with Crippen LogP contribution < -0.4 is 5.32 Å². The molecular formula is C12H25NO3. The van der Waals surface area contributed by atoms with E-state index in [2.05, 4.69) is 5.32 Å². The molecule has 1 aliphatic rings. The number of piperidine rings is 1. The Labute approximate surface area is 98.1 Å². The molecule has 0 amide bonds. The summed E-state index contributed by atoms with van der Waals surface area (Å²) in [4.78, 5) is 9.00. The maximum Gasteiger partial charge on any atom is 0.300 e. The van der Waals surface area contributed by atoms with E-state index in [1.807, 2.05) is 0 Å². The molecule has 1 rings (SSSR count). The normalized spacial score (nSPS) is 19.8. The van der Waals surface area contributed by atoms with Gasteiger partial charge in [0.25, 0.3) is 5.97 Å². The maximum absolute atomic E-state index is 9.00. The number of carboxylic acids is 1. The van der Waals surface area contributed by atoms with Gasteiger partial charge in [0.1, 0.15) is 0 Å². The van der Waals surface area contributed by atoms with Gasteiger partial charge in [-0.25, -0.2) is 0 Å². The molecule has 0 saturated carbocycles. The highest BCUT2D eigenvalue weighted by Crippen LogP contribution is 2.17. The average Bonchev–Trinajstić information content (AvgIpc) is 2.25. The summed E-state index contributed by atoms with van der Waals surface area (Å²) >= 11 is 0. The predicted molar refractivity (Wildman–Crippen MR) is 64.5 cm³/mol. The van der Waals surface area contributed by atoms with Crippen LogP contribution in [0.2, 0.25) is 0 Å². The number of hydrogen-bond donors (Lipinski definition) is 3. The van der Waals surface area contributed by atoms with Crippen molar-refractivity contribution < 1.29 is 15.0 Å². The van der Waals surface area contributed by atoms with Crippen molar-refractivity contribution in [2.75, 3.05) is 19.7 Å². The van der Waals surface area contributed by atoms with E-state index in [4.69, 9.17) is 15.0 Å². The minimum atomic E-state index is -0.833. The molecule has 1 fully saturated rings. The fourth-order valence-electron chi connectivity index (χ4n) is 1.89. The Kier molecular flexibility index (Phi) is 10.5. The molecule has 1 unspecified atom stereocenters. The summed E-state index contributed by atoms with van der Waals surface area (Å²) in [6.45, 7) is 3.88. The number of aliphatic hydroxyl groups excluding tert-OH is 1. The van der Waals surface area contributed by atoms with Gasteiger partial charge in [0, 0.05) is 13.5 Å². The third-order valence-electron chi connectivity index (χ3n) is 2.67. The van der Waals surface area contributed by atoms with Crippen LogP contribution in [0, 0.1) is 5.92 Å². The van der Waals surface area contributed by atoms with Crippen LogP contribution in [0.3, 0.4) is 0 Å². The molecule has 0 aliphatic carbocycles. The molecule has 0 spiro atoms. The summed E-state index contributed by atoms with van der Waals surface area (Å²) in [7, 11) is 0. The number of rotatable bonds is 5. The van der Waals surface area contributed by atoms with Gasteiger partial charge >= 0.3 is 0 Å². The quantitative estimate of drug-likeness (QED) is 0.629. The highest BCUT2D eigenvalue weighted by atomic mass is 16.4. The van der Waals surface area contributed by atoms with Crippen molar-refractivity contribution in [3.05, 3.63) is 0 Å². The number of nitrogens with one attached hydrogen (secondary N) is 1. The van der Waals surface area contributed by atoms with E-state index in [-0.39, 0.29) is 0 Å². The molecule has 4 nitrogen and oxygen atoms in total. The van der Waals surface area contributed by atoms with E-state index in [1.54, 1.807) is 0 Å². The molecule has 0 bridgehead atoms. The lowest BCUT2D eigenvalue weighted by Gasteiger charge is -2.22. The molecule has 96 valence electrons. The summed E-state index contributed by atoms with van der Waals surface area (Å²) in [5.74, 6) is 0.0810. The molecule has 0 aromatic rings.